The Morgan fingerprint density at radius 1 is 1.25 bits per heavy atom. The van der Waals surface area contributed by atoms with Crippen molar-refractivity contribution in [1.29, 1.82) is 0 Å². The average Bonchev–Trinajstić information content (AvgIpc) is 2.65. The van der Waals surface area contributed by atoms with Crippen molar-refractivity contribution in [3.05, 3.63) is 64.2 Å². The third-order valence-corrected chi connectivity index (χ3v) is 5.15. The van der Waals surface area contributed by atoms with Crippen LogP contribution in [0.1, 0.15) is 18.5 Å². The molecule has 0 saturated carbocycles. The van der Waals surface area contributed by atoms with Gasteiger partial charge in [-0.3, -0.25) is 19.2 Å². The molecule has 0 heterocycles. The number of anilines is 1. The largest absolute Gasteiger partial charge is 0.497 e. The molecule has 0 radical (unpaired) electrons. The van der Waals surface area contributed by atoms with Gasteiger partial charge in [-0.2, -0.15) is 0 Å². The standard InChI is InChI=1S/C18H21N3O6S/c1-13(14-7-9-17(27-2)10-8-14)19-18(22)12-20(28(3,25)26)15-5-4-6-16(11-15)21(23)24/h4-11,13H,12H2,1-3H3,(H,19,22)/t13-/m1/s1. The molecule has 0 aromatic heterocycles. The van der Waals surface area contributed by atoms with Gasteiger partial charge in [0.05, 0.1) is 30.0 Å². The van der Waals surface area contributed by atoms with Crippen molar-refractivity contribution in [2.75, 3.05) is 24.2 Å². The number of nitro benzene ring substituents is 1. The zero-order valence-corrected chi connectivity index (χ0v) is 16.5. The Morgan fingerprint density at radius 2 is 1.89 bits per heavy atom. The molecule has 0 bridgehead atoms. The zero-order valence-electron chi connectivity index (χ0n) is 15.7. The lowest BCUT2D eigenvalue weighted by Gasteiger charge is -2.23. The van der Waals surface area contributed by atoms with E-state index in [1.54, 1.807) is 38.3 Å². The number of non-ortho nitro benzene ring substituents is 1. The Kier molecular flexibility index (Phi) is 6.57. The lowest BCUT2D eigenvalue weighted by molar-refractivity contribution is -0.384. The van der Waals surface area contributed by atoms with E-state index in [0.717, 1.165) is 22.2 Å². The van der Waals surface area contributed by atoms with E-state index in [-0.39, 0.29) is 17.4 Å². The number of amides is 1. The van der Waals surface area contributed by atoms with Crippen LogP contribution in [0.4, 0.5) is 11.4 Å². The molecule has 2 aromatic carbocycles. The molecule has 0 aliphatic rings. The fourth-order valence-corrected chi connectivity index (χ4v) is 3.40. The van der Waals surface area contributed by atoms with Crippen LogP contribution in [-0.2, 0) is 14.8 Å². The predicted molar refractivity (Wildman–Crippen MR) is 105 cm³/mol. The molecule has 28 heavy (non-hydrogen) atoms. The Balaban J connectivity index is 2.17. The van der Waals surface area contributed by atoms with Gasteiger partial charge >= 0.3 is 0 Å². The molecule has 0 aliphatic carbocycles. The van der Waals surface area contributed by atoms with Gasteiger partial charge in [0.25, 0.3) is 5.69 Å². The van der Waals surface area contributed by atoms with E-state index >= 15 is 0 Å². The van der Waals surface area contributed by atoms with Crippen LogP contribution in [0.3, 0.4) is 0 Å². The number of nitro groups is 1. The van der Waals surface area contributed by atoms with Crippen LogP contribution in [0, 0.1) is 10.1 Å². The third kappa shape index (κ3) is 5.43. The van der Waals surface area contributed by atoms with Crippen LogP contribution in [0.2, 0.25) is 0 Å². The minimum atomic E-state index is -3.83. The summed E-state index contributed by atoms with van der Waals surface area (Å²) in [5.74, 6) is 0.136. The number of ether oxygens (including phenoxy) is 1. The van der Waals surface area contributed by atoms with E-state index in [1.165, 1.54) is 18.2 Å². The Labute approximate surface area is 163 Å². The highest BCUT2D eigenvalue weighted by atomic mass is 32.2. The first-order valence-corrected chi connectivity index (χ1v) is 10.1. The minimum absolute atomic E-state index is 0.0453. The second-order valence-electron chi connectivity index (χ2n) is 6.11. The summed E-state index contributed by atoms with van der Waals surface area (Å²) in [6.45, 7) is 1.26. The van der Waals surface area contributed by atoms with E-state index in [4.69, 9.17) is 4.74 Å². The van der Waals surface area contributed by atoms with Gasteiger partial charge in [0.15, 0.2) is 0 Å². The van der Waals surface area contributed by atoms with Crippen LogP contribution >= 0.6 is 0 Å². The third-order valence-electron chi connectivity index (χ3n) is 4.01. The van der Waals surface area contributed by atoms with Crippen molar-refractivity contribution in [3.8, 4) is 5.75 Å². The molecule has 0 spiro atoms. The molecule has 1 N–H and O–H groups in total. The second-order valence-corrected chi connectivity index (χ2v) is 8.02. The summed E-state index contributed by atoms with van der Waals surface area (Å²) in [5, 5.41) is 13.7. The molecule has 10 heteroatoms. The van der Waals surface area contributed by atoms with E-state index in [2.05, 4.69) is 5.32 Å². The van der Waals surface area contributed by atoms with Crippen molar-refractivity contribution < 1.29 is 22.9 Å². The molecule has 2 aromatic rings. The monoisotopic (exact) mass is 407 g/mol. The molecule has 1 amide bonds. The van der Waals surface area contributed by atoms with Gasteiger partial charge in [0.1, 0.15) is 12.3 Å². The van der Waals surface area contributed by atoms with E-state index < -0.39 is 27.4 Å². The number of nitrogens with one attached hydrogen (secondary N) is 1. The Bertz CT molecular complexity index is 960. The summed E-state index contributed by atoms with van der Waals surface area (Å²) in [6.07, 6.45) is 0.937. The number of carbonyl (C=O) groups excluding carboxylic acids is 1. The highest BCUT2D eigenvalue weighted by molar-refractivity contribution is 7.92. The van der Waals surface area contributed by atoms with E-state index in [1.807, 2.05) is 0 Å². The molecule has 150 valence electrons. The SMILES string of the molecule is COc1ccc([C@@H](C)NC(=O)CN(c2cccc([N+](=O)[O-])c2)S(C)(=O)=O)cc1. The maximum absolute atomic E-state index is 12.4. The molecule has 2 rings (SSSR count). The van der Waals surface area contributed by atoms with Gasteiger partial charge in [-0.1, -0.05) is 18.2 Å². The van der Waals surface area contributed by atoms with Gasteiger partial charge in [-0.05, 0) is 30.7 Å². The van der Waals surface area contributed by atoms with Crippen molar-refractivity contribution in [1.82, 2.24) is 5.32 Å². The Morgan fingerprint density at radius 3 is 2.43 bits per heavy atom. The number of carbonyl (C=O) groups is 1. The van der Waals surface area contributed by atoms with Crippen molar-refractivity contribution in [2.45, 2.75) is 13.0 Å². The van der Waals surface area contributed by atoms with Gasteiger partial charge in [-0.25, -0.2) is 8.42 Å². The number of hydrogen-bond donors (Lipinski definition) is 1. The van der Waals surface area contributed by atoms with Gasteiger partial charge in [-0.15, -0.1) is 0 Å². The van der Waals surface area contributed by atoms with Crippen LogP contribution in [0.25, 0.3) is 0 Å². The van der Waals surface area contributed by atoms with Crippen LogP contribution < -0.4 is 14.4 Å². The fourth-order valence-electron chi connectivity index (χ4n) is 2.56. The molecule has 0 saturated heterocycles. The fraction of sp³-hybridized carbons (Fsp3) is 0.278. The number of methoxy groups -OCH3 is 1. The molecular formula is C18H21N3O6S. The van der Waals surface area contributed by atoms with Crippen molar-refractivity contribution >= 4 is 27.3 Å². The number of benzene rings is 2. The first-order chi connectivity index (χ1) is 13.1. The number of sulfonamides is 1. The summed E-state index contributed by atoms with van der Waals surface area (Å²) in [4.78, 5) is 22.7. The zero-order chi connectivity index (χ0) is 20.9. The highest BCUT2D eigenvalue weighted by Gasteiger charge is 2.23. The van der Waals surface area contributed by atoms with Gasteiger partial charge in [0, 0.05) is 12.1 Å². The van der Waals surface area contributed by atoms with E-state index in [9.17, 15) is 23.3 Å². The molecule has 1 atom stereocenters. The summed E-state index contributed by atoms with van der Waals surface area (Å²) in [5.41, 5.74) is 0.595. The normalized spacial score (nSPS) is 12.1. The average molecular weight is 407 g/mol. The first kappa shape index (κ1) is 21.2. The van der Waals surface area contributed by atoms with Gasteiger partial charge in [0.2, 0.25) is 15.9 Å². The predicted octanol–water partition coefficient (Wildman–Crippen LogP) is 2.25. The van der Waals surface area contributed by atoms with Gasteiger partial charge < -0.3 is 10.1 Å². The topological polar surface area (TPSA) is 119 Å². The van der Waals surface area contributed by atoms with Crippen molar-refractivity contribution in [2.24, 2.45) is 0 Å². The maximum Gasteiger partial charge on any atom is 0.271 e. The summed E-state index contributed by atoms with van der Waals surface area (Å²) < 4.78 is 30.2. The van der Waals surface area contributed by atoms with E-state index in [0.29, 0.717) is 5.75 Å². The summed E-state index contributed by atoms with van der Waals surface area (Å²) in [7, 11) is -2.28. The number of nitrogens with zero attached hydrogens (tertiary/aromatic N) is 2. The van der Waals surface area contributed by atoms with Crippen LogP contribution in [0.15, 0.2) is 48.5 Å². The molecule has 0 unspecified atom stereocenters. The second kappa shape index (κ2) is 8.70. The van der Waals surface area contributed by atoms with Crippen molar-refractivity contribution in [3.63, 3.8) is 0 Å². The lowest BCUT2D eigenvalue weighted by Crippen LogP contribution is -2.41. The minimum Gasteiger partial charge on any atom is -0.497 e. The van der Waals surface area contributed by atoms with Crippen LogP contribution in [-0.4, -0.2) is 39.2 Å². The number of rotatable bonds is 8. The smallest absolute Gasteiger partial charge is 0.271 e. The molecule has 0 aliphatic heterocycles. The first-order valence-electron chi connectivity index (χ1n) is 8.27. The summed E-state index contributed by atoms with van der Waals surface area (Å²) >= 11 is 0. The maximum atomic E-state index is 12.4. The highest BCUT2D eigenvalue weighted by Crippen LogP contribution is 2.23. The number of hydrogen-bond acceptors (Lipinski definition) is 6. The molecule has 9 nitrogen and oxygen atoms in total. The lowest BCUT2D eigenvalue weighted by atomic mass is 10.1. The molecule has 0 fully saturated rings. The van der Waals surface area contributed by atoms with Crippen LogP contribution in [0.5, 0.6) is 5.75 Å². The quantitative estimate of drug-likeness (QED) is 0.529. The summed E-state index contributed by atoms with van der Waals surface area (Å²) in [6, 6.07) is 11.8. The molecular weight excluding hydrogens is 386 g/mol. The Hall–Kier alpha value is -3.14.